The minimum Gasteiger partial charge on any atom is -0.490 e. The van der Waals surface area contributed by atoms with Crippen molar-refractivity contribution >= 4 is 11.6 Å². The highest BCUT2D eigenvalue weighted by Crippen LogP contribution is 2.25. The second kappa shape index (κ2) is 8.34. The molecular weight excluding hydrogens is 295 g/mol. The van der Waals surface area contributed by atoms with Crippen LogP contribution in [0.3, 0.4) is 0 Å². The average Bonchev–Trinajstić information content (AvgIpc) is 2.36. The van der Waals surface area contributed by atoms with Crippen molar-refractivity contribution in [2.45, 2.75) is 19.6 Å². The fraction of sp³-hybridized carbons (Fsp3) is 0.538. The first-order valence-corrected chi connectivity index (χ1v) is 6.56. The van der Waals surface area contributed by atoms with E-state index in [0.717, 1.165) is 12.1 Å². The zero-order valence-corrected chi connectivity index (χ0v) is 11.9. The van der Waals surface area contributed by atoms with Crippen LogP contribution in [-0.2, 0) is 11.3 Å². The van der Waals surface area contributed by atoms with E-state index in [9.17, 15) is 13.2 Å². The fourth-order valence-corrected chi connectivity index (χ4v) is 1.70. The van der Waals surface area contributed by atoms with Crippen molar-refractivity contribution < 1.29 is 22.6 Å². The van der Waals surface area contributed by atoms with E-state index >= 15 is 0 Å². The predicted octanol–water partition coefficient (Wildman–Crippen LogP) is 3.41. The molecule has 0 bridgehead atoms. The van der Waals surface area contributed by atoms with Gasteiger partial charge in [-0.25, -0.2) is 0 Å². The number of benzene rings is 1. The lowest BCUT2D eigenvalue weighted by molar-refractivity contribution is -0.175. The molecule has 0 saturated heterocycles. The van der Waals surface area contributed by atoms with Crippen LogP contribution < -0.4 is 10.1 Å². The van der Waals surface area contributed by atoms with Crippen LogP contribution in [0.5, 0.6) is 5.75 Å². The molecule has 0 spiro atoms. The number of ether oxygens (including phenoxy) is 2. The quantitative estimate of drug-likeness (QED) is 0.746. The van der Waals surface area contributed by atoms with Crippen LogP contribution in [0.2, 0.25) is 5.02 Å². The topological polar surface area (TPSA) is 30.5 Å². The van der Waals surface area contributed by atoms with Crippen LogP contribution in [0.4, 0.5) is 13.2 Å². The zero-order valence-electron chi connectivity index (χ0n) is 11.1. The maximum Gasteiger partial charge on any atom is 0.411 e. The van der Waals surface area contributed by atoms with Gasteiger partial charge in [0.1, 0.15) is 19.0 Å². The normalized spacial score (nSPS) is 11.7. The second-order valence-electron chi connectivity index (χ2n) is 4.06. The Bertz CT molecular complexity index is 413. The maximum absolute atomic E-state index is 11.8. The van der Waals surface area contributed by atoms with Crippen molar-refractivity contribution in [3.63, 3.8) is 0 Å². The Morgan fingerprint density at radius 1 is 1.25 bits per heavy atom. The van der Waals surface area contributed by atoms with Crippen LogP contribution in [0, 0.1) is 0 Å². The van der Waals surface area contributed by atoms with Crippen LogP contribution in [-0.4, -0.2) is 32.5 Å². The van der Waals surface area contributed by atoms with E-state index in [1.54, 1.807) is 12.1 Å². The number of halogens is 4. The number of hydrogen-bond acceptors (Lipinski definition) is 3. The summed E-state index contributed by atoms with van der Waals surface area (Å²) < 4.78 is 45.2. The molecule has 0 radical (unpaired) electrons. The van der Waals surface area contributed by atoms with E-state index in [0.29, 0.717) is 17.3 Å². The predicted molar refractivity (Wildman–Crippen MR) is 71.2 cm³/mol. The summed E-state index contributed by atoms with van der Waals surface area (Å²) in [6.45, 7) is 2.15. The molecule has 1 aromatic rings. The monoisotopic (exact) mass is 311 g/mol. The number of nitrogens with one attached hydrogen (secondary N) is 1. The van der Waals surface area contributed by atoms with Gasteiger partial charge in [0.15, 0.2) is 0 Å². The first kappa shape index (κ1) is 17.1. The molecule has 3 nitrogen and oxygen atoms in total. The van der Waals surface area contributed by atoms with Gasteiger partial charge in [0, 0.05) is 6.54 Å². The Hall–Kier alpha value is -0.980. The fourth-order valence-electron chi connectivity index (χ4n) is 1.44. The molecule has 114 valence electrons. The van der Waals surface area contributed by atoms with Crippen molar-refractivity contribution in [3.05, 3.63) is 28.8 Å². The standard InChI is InChI=1S/C13H17ClF3NO2/c1-2-18-8-10-3-4-12(11(14)7-10)20-6-5-19-9-13(15,16)17/h3-4,7,18H,2,5-6,8-9H2,1H3. The van der Waals surface area contributed by atoms with E-state index < -0.39 is 12.8 Å². The van der Waals surface area contributed by atoms with E-state index in [4.69, 9.17) is 16.3 Å². The molecule has 0 fully saturated rings. The Morgan fingerprint density at radius 3 is 2.60 bits per heavy atom. The summed E-state index contributed by atoms with van der Waals surface area (Å²) in [4.78, 5) is 0. The van der Waals surface area contributed by atoms with Crippen molar-refractivity contribution in [3.8, 4) is 5.75 Å². The van der Waals surface area contributed by atoms with Gasteiger partial charge in [0.05, 0.1) is 11.6 Å². The van der Waals surface area contributed by atoms with Gasteiger partial charge in [0.25, 0.3) is 0 Å². The third kappa shape index (κ3) is 6.98. The summed E-state index contributed by atoms with van der Waals surface area (Å²) in [5.74, 6) is 0.433. The highest BCUT2D eigenvalue weighted by Gasteiger charge is 2.27. The maximum atomic E-state index is 11.8. The highest BCUT2D eigenvalue weighted by molar-refractivity contribution is 6.32. The van der Waals surface area contributed by atoms with Crippen LogP contribution in [0.25, 0.3) is 0 Å². The molecule has 1 rings (SSSR count). The van der Waals surface area contributed by atoms with E-state index in [1.807, 2.05) is 13.0 Å². The second-order valence-corrected chi connectivity index (χ2v) is 4.47. The summed E-state index contributed by atoms with van der Waals surface area (Å²) in [5.41, 5.74) is 1.01. The molecule has 1 aromatic carbocycles. The lowest BCUT2D eigenvalue weighted by Crippen LogP contribution is -2.19. The van der Waals surface area contributed by atoms with Gasteiger partial charge in [-0.05, 0) is 24.2 Å². The molecule has 0 amide bonds. The lowest BCUT2D eigenvalue weighted by atomic mass is 10.2. The molecule has 0 heterocycles. The third-order valence-electron chi connectivity index (χ3n) is 2.33. The molecule has 20 heavy (non-hydrogen) atoms. The Kier molecular flexibility index (Phi) is 7.12. The van der Waals surface area contributed by atoms with Gasteiger partial charge in [-0.2, -0.15) is 13.2 Å². The van der Waals surface area contributed by atoms with Gasteiger partial charge in [0.2, 0.25) is 0 Å². The summed E-state index contributed by atoms with van der Waals surface area (Å²) in [6.07, 6.45) is -4.31. The first-order chi connectivity index (χ1) is 9.42. The minimum atomic E-state index is -4.31. The molecular formula is C13H17ClF3NO2. The molecule has 0 aromatic heterocycles. The summed E-state index contributed by atoms with van der Waals surface area (Å²) >= 11 is 6.02. The Balaban J connectivity index is 2.33. The summed E-state index contributed by atoms with van der Waals surface area (Å²) in [6, 6.07) is 5.30. The van der Waals surface area contributed by atoms with Crippen molar-refractivity contribution in [1.82, 2.24) is 5.32 Å². The van der Waals surface area contributed by atoms with E-state index in [-0.39, 0.29) is 13.2 Å². The van der Waals surface area contributed by atoms with Crippen LogP contribution >= 0.6 is 11.6 Å². The number of rotatable bonds is 8. The SMILES string of the molecule is CCNCc1ccc(OCCOCC(F)(F)F)c(Cl)c1. The molecule has 7 heteroatoms. The van der Waals surface area contributed by atoms with Crippen molar-refractivity contribution in [2.75, 3.05) is 26.4 Å². The minimum absolute atomic E-state index is 0.0162. The Labute approximate surface area is 121 Å². The number of alkyl halides is 3. The van der Waals surface area contributed by atoms with Crippen LogP contribution in [0.1, 0.15) is 12.5 Å². The summed E-state index contributed by atoms with van der Waals surface area (Å²) in [5, 5.41) is 3.59. The van der Waals surface area contributed by atoms with Gasteiger partial charge >= 0.3 is 6.18 Å². The number of hydrogen-bond donors (Lipinski definition) is 1. The highest BCUT2D eigenvalue weighted by atomic mass is 35.5. The zero-order chi connectivity index (χ0) is 15.0. The largest absolute Gasteiger partial charge is 0.490 e. The van der Waals surface area contributed by atoms with Crippen LogP contribution in [0.15, 0.2) is 18.2 Å². The first-order valence-electron chi connectivity index (χ1n) is 6.19. The smallest absolute Gasteiger partial charge is 0.411 e. The Morgan fingerprint density at radius 2 is 2.00 bits per heavy atom. The molecule has 1 N–H and O–H groups in total. The van der Waals surface area contributed by atoms with Gasteiger partial charge in [-0.15, -0.1) is 0 Å². The lowest BCUT2D eigenvalue weighted by Gasteiger charge is -2.11. The van der Waals surface area contributed by atoms with E-state index in [1.165, 1.54) is 0 Å². The molecule has 0 unspecified atom stereocenters. The summed E-state index contributed by atoms with van der Waals surface area (Å²) in [7, 11) is 0. The van der Waals surface area contributed by atoms with Crippen molar-refractivity contribution in [1.29, 1.82) is 0 Å². The third-order valence-corrected chi connectivity index (χ3v) is 2.62. The molecule has 0 aliphatic carbocycles. The molecule has 0 aliphatic rings. The molecule has 0 saturated carbocycles. The van der Waals surface area contributed by atoms with Gasteiger partial charge in [-0.1, -0.05) is 24.6 Å². The van der Waals surface area contributed by atoms with Crippen molar-refractivity contribution in [2.24, 2.45) is 0 Å². The van der Waals surface area contributed by atoms with Gasteiger partial charge < -0.3 is 14.8 Å². The average molecular weight is 312 g/mol. The molecule has 0 aliphatic heterocycles. The molecule has 0 atom stereocenters. The van der Waals surface area contributed by atoms with E-state index in [2.05, 4.69) is 10.1 Å². The van der Waals surface area contributed by atoms with Gasteiger partial charge in [-0.3, -0.25) is 0 Å².